The maximum Gasteiger partial charge on any atom is 0.220 e. The molecule has 250 valence electrons. The third kappa shape index (κ3) is 5.57. The third-order valence-electron chi connectivity index (χ3n) is 10.5. The molecule has 4 aromatic carbocycles. The van der Waals surface area contributed by atoms with Crippen molar-refractivity contribution in [3.8, 4) is 5.69 Å². The van der Waals surface area contributed by atoms with Crippen LogP contribution in [-0.2, 0) is 5.41 Å². The van der Waals surface area contributed by atoms with Crippen LogP contribution in [0.25, 0.3) is 44.3 Å². The Morgan fingerprint density at radius 1 is 0.800 bits per heavy atom. The summed E-state index contributed by atoms with van der Waals surface area (Å²) in [7, 11) is 2.17. The van der Waals surface area contributed by atoms with E-state index in [1.807, 2.05) is 13.8 Å². The summed E-state index contributed by atoms with van der Waals surface area (Å²) in [6.07, 6.45) is 24.7. The van der Waals surface area contributed by atoms with Crippen molar-refractivity contribution in [3.05, 3.63) is 172 Å². The van der Waals surface area contributed by atoms with Gasteiger partial charge in [0.1, 0.15) is 12.3 Å². The summed E-state index contributed by atoms with van der Waals surface area (Å²) < 4.78 is 4.79. The van der Waals surface area contributed by atoms with Crippen molar-refractivity contribution in [2.75, 3.05) is 7.05 Å². The van der Waals surface area contributed by atoms with Crippen LogP contribution in [0.15, 0.2) is 145 Å². The highest BCUT2D eigenvalue weighted by atomic mass is 15.0. The van der Waals surface area contributed by atoms with Gasteiger partial charge in [0.2, 0.25) is 11.1 Å². The average molecular weight is 654 g/mol. The van der Waals surface area contributed by atoms with Gasteiger partial charge in [0.25, 0.3) is 0 Å². The van der Waals surface area contributed by atoms with Crippen molar-refractivity contribution >= 4 is 38.6 Å². The standard InChI is InChI=1S/C40H35N2.C6H8.C2H6/c1-5-13-27(26-14-7-6-8-15-26)24-37-32-25-28(20-22-34(32)41(37)4)42-35-19-12-10-17-31(35)38-36(42)23-21-30-29-16-9-11-18-33(29)40(2,3)39(30)38;1-2-4-6-5-3-1;1-2/h5-10,12-17,19-25H,11,18H2,1-4H3;1-4H,5-6H2;1-2H3/q+1;;/b13-5-,27-24+;;. The normalized spacial score (nSPS) is 16.9. The highest BCUT2D eigenvalue weighted by Gasteiger charge is 2.39. The number of nitrogens with zero attached hydrogens (tertiary/aromatic N) is 2. The zero-order chi connectivity index (χ0) is 34.8. The summed E-state index contributed by atoms with van der Waals surface area (Å²) in [4.78, 5) is 0. The number of hydrogen-bond donors (Lipinski definition) is 0. The Hall–Kier alpha value is -5.21. The largest absolute Gasteiger partial charge is 0.309 e. The highest BCUT2D eigenvalue weighted by molar-refractivity contribution is 6.14. The molecule has 0 atom stereocenters. The lowest BCUT2D eigenvalue weighted by molar-refractivity contribution is 0.612. The van der Waals surface area contributed by atoms with Crippen LogP contribution in [0.5, 0.6) is 0 Å². The number of para-hydroxylation sites is 1. The van der Waals surface area contributed by atoms with Gasteiger partial charge in [-0.3, -0.25) is 0 Å². The Bertz CT molecular complexity index is 2400. The predicted octanol–water partition coefficient (Wildman–Crippen LogP) is 11.0. The molecule has 0 amide bonds. The van der Waals surface area contributed by atoms with Crippen LogP contribution < -0.4 is 15.2 Å². The average Bonchev–Trinajstić information content (AvgIpc) is 3.63. The van der Waals surface area contributed by atoms with Crippen molar-refractivity contribution in [2.45, 2.75) is 65.7 Å². The van der Waals surface area contributed by atoms with Crippen LogP contribution >= 0.6 is 0 Å². The summed E-state index contributed by atoms with van der Waals surface area (Å²) in [5.74, 6) is 0. The summed E-state index contributed by atoms with van der Waals surface area (Å²) >= 11 is 0. The number of allylic oxidation sites excluding steroid dienone is 11. The van der Waals surface area contributed by atoms with Gasteiger partial charge >= 0.3 is 0 Å². The molecule has 0 N–H and O–H groups in total. The van der Waals surface area contributed by atoms with E-state index in [1.54, 1.807) is 5.57 Å². The maximum atomic E-state index is 2.48. The van der Waals surface area contributed by atoms with E-state index in [2.05, 4.69) is 177 Å². The fourth-order valence-corrected chi connectivity index (χ4v) is 8.25. The second kappa shape index (κ2) is 14.0. The van der Waals surface area contributed by atoms with E-state index in [4.69, 9.17) is 0 Å². The molecule has 5 aromatic rings. The van der Waals surface area contributed by atoms with E-state index in [0.717, 1.165) is 12.8 Å². The molecule has 2 heteroatoms. The van der Waals surface area contributed by atoms with Crippen LogP contribution in [0.2, 0.25) is 0 Å². The lowest BCUT2D eigenvalue weighted by atomic mass is 9.77. The van der Waals surface area contributed by atoms with Gasteiger partial charge in [-0.25, -0.2) is 0 Å². The minimum atomic E-state index is 0.0133. The third-order valence-corrected chi connectivity index (χ3v) is 10.5. The van der Waals surface area contributed by atoms with Gasteiger partial charge in [-0.2, -0.15) is 4.58 Å². The monoisotopic (exact) mass is 653 g/mol. The van der Waals surface area contributed by atoms with Crippen molar-refractivity contribution in [3.63, 3.8) is 0 Å². The summed E-state index contributed by atoms with van der Waals surface area (Å²) in [6.45, 7) is 11.0. The molecule has 0 saturated carbocycles. The topological polar surface area (TPSA) is 7.94 Å². The molecule has 4 aliphatic rings. The van der Waals surface area contributed by atoms with Crippen LogP contribution in [0.4, 0.5) is 0 Å². The molecule has 9 rings (SSSR count). The van der Waals surface area contributed by atoms with E-state index in [1.165, 1.54) is 84.4 Å². The molecule has 1 aromatic heterocycles. The van der Waals surface area contributed by atoms with Crippen LogP contribution in [0, 0.1) is 0 Å². The molecule has 1 aliphatic heterocycles. The van der Waals surface area contributed by atoms with Gasteiger partial charge < -0.3 is 4.57 Å². The van der Waals surface area contributed by atoms with E-state index in [9.17, 15) is 0 Å². The highest BCUT2D eigenvalue weighted by Crippen LogP contribution is 2.53. The second-order valence-corrected chi connectivity index (χ2v) is 13.7. The fourth-order valence-electron chi connectivity index (χ4n) is 8.25. The molecule has 0 unspecified atom stereocenters. The van der Waals surface area contributed by atoms with E-state index >= 15 is 0 Å². The molecule has 0 saturated heterocycles. The van der Waals surface area contributed by atoms with Gasteiger partial charge in [0, 0.05) is 34.0 Å². The minimum absolute atomic E-state index is 0.0133. The molecular weight excluding hydrogens is 605 g/mol. The molecule has 0 radical (unpaired) electrons. The Labute approximate surface area is 297 Å². The van der Waals surface area contributed by atoms with Crippen LogP contribution in [0.3, 0.4) is 0 Å². The number of hydrogen-bond acceptors (Lipinski definition) is 0. The molecule has 0 fully saturated rings. The number of likely N-dealkylation sites (N-methyl/N-ethyl adjacent to an activating group) is 1. The summed E-state index contributed by atoms with van der Waals surface area (Å²) in [5, 5.41) is 5.30. The number of fused-ring (bicyclic) bond motifs is 7. The Morgan fingerprint density at radius 3 is 2.26 bits per heavy atom. The number of rotatable bonds is 4. The molecular formula is C48H49N2+. The van der Waals surface area contributed by atoms with Crippen molar-refractivity contribution in [2.24, 2.45) is 0 Å². The van der Waals surface area contributed by atoms with Gasteiger partial charge in [0.15, 0.2) is 0 Å². The quantitative estimate of drug-likeness (QED) is 0.135. The smallest absolute Gasteiger partial charge is 0.220 e. The second-order valence-electron chi connectivity index (χ2n) is 13.7. The van der Waals surface area contributed by atoms with E-state index in [0.29, 0.717) is 0 Å². The Morgan fingerprint density at radius 2 is 1.54 bits per heavy atom. The molecule has 2 nitrogen and oxygen atoms in total. The minimum Gasteiger partial charge on any atom is -0.309 e. The lowest BCUT2D eigenvalue weighted by Gasteiger charge is -2.26. The van der Waals surface area contributed by atoms with Gasteiger partial charge in [-0.05, 0) is 84.7 Å². The Kier molecular flexibility index (Phi) is 9.29. The molecule has 50 heavy (non-hydrogen) atoms. The first-order valence-electron chi connectivity index (χ1n) is 18.4. The zero-order valence-electron chi connectivity index (χ0n) is 30.5. The van der Waals surface area contributed by atoms with Crippen LogP contribution in [0.1, 0.15) is 77.0 Å². The number of benzene rings is 4. The molecule has 2 heterocycles. The van der Waals surface area contributed by atoms with Gasteiger partial charge in [0.05, 0.1) is 11.0 Å². The summed E-state index contributed by atoms with van der Waals surface area (Å²) in [6, 6.07) is 31.3. The molecule has 3 aliphatic carbocycles. The summed E-state index contributed by atoms with van der Waals surface area (Å²) in [5.41, 5.74) is 13.4. The van der Waals surface area contributed by atoms with Crippen molar-refractivity contribution < 1.29 is 0 Å². The fraction of sp³-hybridized carbons (Fsp3) is 0.229. The van der Waals surface area contributed by atoms with Gasteiger partial charge in [-0.15, -0.1) is 0 Å². The zero-order valence-corrected chi connectivity index (χ0v) is 30.5. The van der Waals surface area contributed by atoms with Gasteiger partial charge in [-0.1, -0.05) is 136 Å². The Balaban J connectivity index is 0.000000440. The van der Waals surface area contributed by atoms with Crippen molar-refractivity contribution in [1.82, 2.24) is 9.14 Å². The predicted molar refractivity (Wildman–Crippen MR) is 217 cm³/mol. The van der Waals surface area contributed by atoms with Crippen LogP contribution in [-0.4, -0.2) is 11.6 Å². The molecule has 0 bridgehead atoms. The first-order chi connectivity index (χ1) is 24.5. The van der Waals surface area contributed by atoms with E-state index in [-0.39, 0.29) is 5.41 Å². The lowest BCUT2D eigenvalue weighted by Crippen LogP contribution is -2.49. The first kappa shape index (κ1) is 33.3. The first-order valence-corrected chi connectivity index (χ1v) is 18.4. The van der Waals surface area contributed by atoms with E-state index < -0.39 is 0 Å². The maximum absolute atomic E-state index is 2.48. The SMILES string of the molecule is C/C=C\C(=C/C1=c2cc(-n3c4ccccc4c4c5c(ccc43)C3=C(CCC=C3)C5(C)C)ccc2=[N+]1C)c1ccccc1.C1=CCCC=C1.CC. The number of aromatic nitrogens is 1. The van der Waals surface area contributed by atoms with Crippen molar-refractivity contribution in [1.29, 1.82) is 0 Å². The molecule has 0 spiro atoms.